The normalized spacial score (nSPS) is 28.6. The summed E-state index contributed by atoms with van der Waals surface area (Å²) in [7, 11) is 0. The second-order valence-electron chi connectivity index (χ2n) is 2.63. The van der Waals surface area contributed by atoms with Crippen molar-refractivity contribution < 1.29 is 14.6 Å². The van der Waals surface area contributed by atoms with E-state index in [4.69, 9.17) is 44.6 Å². The SMILES string of the molecule is O=C(O)CC1OC1CC(Cl)(Cl)Cl. The number of hydrogen-bond acceptors (Lipinski definition) is 2. The van der Waals surface area contributed by atoms with Gasteiger partial charge in [-0.1, -0.05) is 34.8 Å². The van der Waals surface area contributed by atoms with Gasteiger partial charge in [-0.3, -0.25) is 4.79 Å². The van der Waals surface area contributed by atoms with Crippen LogP contribution in [0.1, 0.15) is 12.8 Å². The first-order valence-corrected chi connectivity index (χ1v) is 4.46. The molecule has 0 aliphatic carbocycles. The molecule has 0 saturated carbocycles. The molecule has 0 spiro atoms. The molecule has 0 bridgehead atoms. The molecular formula is C6H7Cl3O3. The van der Waals surface area contributed by atoms with Crippen LogP contribution in [0.3, 0.4) is 0 Å². The summed E-state index contributed by atoms with van der Waals surface area (Å²) >= 11 is 16.4. The summed E-state index contributed by atoms with van der Waals surface area (Å²) in [6.45, 7) is 0. The molecular weight excluding hydrogens is 226 g/mol. The largest absolute Gasteiger partial charge is 0.481 e. The lowest BCUT2D eigenvalue weighted by molar-refractivity contribution is -0.137. The second kappa shape index (κ2) is 3.58. The van der Waals surface area contributed by atoms with E-state index < -0.39 is 9.76 Å². The van der Waals surface area contributed by atoms with E-state index in [9.17, 15) is 4.79 Å². The van der Waals surface area contributed by atoms with Gasteiger partial charge in [-0.25, -0.2) is 0 Å². The van der Waals surface area contributed by atoms with Gasteiger partial charge in [0.25, 0.3) is 0 Å². The molecule has 1 aliphatic heterocycles. The number of hydrogen-bond donors (Lipinski definition) is 1. The number of rotatable bonds is 3. The molecule has 0 aromatic carbocycles. The van der Waals surface area contributed by atoms with Gasteiger partial charge in [0.15, 0.2) is 3.79 Å². The van der Waals surface area contributed by atoms with Crippen molar-refractivity contribution in [3.63, 3.8) is 0 Å². The maximum atomic E-state index is 10.2. The number of halogens is 3. The highest BCUT2D eigenvalue weighted by molar-refractivity contribution is 6.67. The van der Waals surface area contributed by atoms with E-state index in [1.165, 1.54) is 0 Å². The Kier molecular flexibility index (Phi) is 3.10. The first kappa shape index (κ1) is 10.4. The van der Waals surface area contributed by atoms with Crippen LogP contribution in [0.5, 0.6) is 0 Å². The third-order valence-corrected chi connectivity index (χ3v) is 1.96. The topological polar surface area (TPSA) is 49.8 Å². The van der Waals surface area contributed by atoms with Crippen LogP contribution in [0, 0.1) is 0 Å². The van der Waals surface area contributed by atoms with Gasteiger partial charge in [-0.15, -0.1) is 0 Å². The Balaban J connectivity index is 2.20. The van der Waals surface area contributed by atoms with Crippen molar-refractivity contribution in [1.82, 2.24) is 0 Å². The predicted octanol–water partition coefficient (Wildman–Crippen LogP) is 1.99. The summed E-state index contributed by atoms with van der Waals surface area (Å²) in [4.78, 5) is 10.2. The third-order valence-electron chi connectivity index (χ3n) is 1.50. The van der Waals surface area contributed by atoms with Gasteiger partial charge in [0.05, 0.1) is 18.6 Å². The van der Waals surface area contributed by atoms with Crippen LogP contribution in [-0.4, -0.2) is 27.1 Å². The maximum absolute atomic E-state index is 10.2. The monoisotopic (exact) mass is 232 g/mol. The summed E-state index contributed by atoms with van der Waals surface area (Å²) in [5.41, 5.74) is 0. The average molecular weight is 233 g/mol. The number of epoxide rings is 1. The van der Waals surface area contributed by atoms with Gasteiger partial charge >= 0.3 is 5.97 Å². The zero-order chi connectivity index (χ0) is 9.35. The molecule has 0 radical (unpaired) electrons. The van der Waals surface area contributed by atoms with Crippen molar-refractivity contribution in [3.05, 3.63) is 0 Å². The molecule has 1 rings (SSSR count). The standard InChI is InChI=1S/C6H7Cl3O3/c7-6(8,9)2-4-3(12-4)1-5(10)11/h3-4H,1-2H2,(H,10,11). The predicted molar refractivity (Wildman–Crippen MR) is 45.8 cm³/mol. The number of carboxylic acid groups (broad SMARTS) is 1. The first-order valence-electron chi connectivity index (χ1n) is 3.32. The van der Waals surface area contributed by atoms with Gasteiger partial charge in [0, 0.05) is 6.42 Å². The Morgan fingerprint density at radius 3 is 2.42 bits per heavy atom. The number of alkyl halides is 3. The molecule has 2 atom stereocenters. The van der Waals surface area contributed by atoms with Crippen LogP contribution < -0.4 is 0 Å². The Labute approximate surface area is 84.5 Å². The average Bonchev–Trinajstić information content (AvgIpc) is 2.40. The van der Waals surface area contributed by atoms with E-state index in [0.717, 1.165) is 0 Å². The van der Waals surface area contributed by atoms with Crippen molar-refractivity contribution in [1.29, 1.82) is 0 Å². The summed E-state index contributed by atoms with van der Waals surface area (Å²) in [6, 6.07) is 0. The van der Waals surface area contributed by atoms with Crippen LogP contribution in [0.4, 0.5) is 0 Å². The lowest BCUT2D eigenvalue weighted by Crippen LogP contribution is -2.10. The first-order chi connectivity index (χ1) is 5.38. The van der Waals surface area contributed by atoms with E-state index in [2.05, 4.69) is 0 Å². The zero-order valence-electron chi connectivity index (χ0n) is 5.97. The van der Waals surface area contributed by atoms with Crippen molar-refractivity contribution >= 4 is 40.8 Å². The van der Waals surface area contributed by atoms with Crippen molar-refractivity contribution in [2.24, 2.45) is 0 Å². The van der Waals surface area contributed by atoms with E-state index in [1.807, 2.05) is 0 Å². The second-order valence-corrected chi connectivity index (χ2v) is 5.15. The summed E-state index contributed by atoms with van der Waals surface area (Å²) in [5, 5.41) is 8.36. The van der Waals surface area contributed by atoms with Gasteiger partial charge in [0.2, 0.25) is 0 Å². The molecule has 0 amide bonds. The van der Waals surface area contributed by atoms with Gasteiger partial charge in [0.1, 0.15) is 0 Å². The molecule has 6 heteroatoms. The van der Waals surface area contributed by atoms with Crippen LogP contribution in [0.2, 0.25) is 0 Å². The van der Waals surface area contributed by atoms with Crippen LogP contribution in [0.25, 0.3) is 0 Å². The maximum Gasteiger partial charge on any atom is 0.306 e. The van der Waals surface area contributed by atoms with Crippen molar-refractivity contribution in [3.8, 4) is 0 Å². The van der Waals surface area contributed by atoms with Gasteiger partial charge in [-0.05, 0) is 0 Å². The van der Waals surface area contributed by atoms with Crippen LogP contribution in [-0.2, 0) is 9.53 Å². The summed E-state index contributed by atoms with van der Waals surface area (Å²) in [5.74, 6) is -0.896. The Morgan fingerprint density at radius 2 is 2.00 bits per heavy atom. The fraction of sp³-hybridized carbons (Fsp3) is 0.833. The fourth-order valence-corrected chi connectivity index (χ4v) is 1.39. The minimum Gasteiger partial charge on any atom is -0.481 e. The number of carboxylic acids is 1. The smallest absolute Gasteiger partial charge is 0.306 e. The van der Waals surface area contributed by atoms with E-state index >= 15 is 0 Å². The molecule has 1 saturated heterocycles. The third kappa shape index (κ3) is 3.81. The molecule has 2 unspecified atom stereocenters. The van der Waals surface area contributed by atoms with Crippen LogP contribution >= 0.6 is 34.8 Å². The van der Waals surface area contributed by atoms with E-state index in [0.29, 0.717) is 0 Å². The number of ether oxygens (including phenoxy) is 1. The van der Waals surface area contributed by atoms with Crippen LogP contribution in [0.15, 0.2) is 0 Å². The molecule has 1 N–H and O–H groups in total. The lowest BCUT2D eigenvalue weighted by Gasteiger charge is -2.06. The summed E-state index contributed by atoms with van der Waals surface area (Å²) < 4.78 is 3.62. The molecule has 12 heavy (non-hydrogen) atoms. The number of aliphatic carboxylic acids is 1. The Morgan fingerprint density at radius 1 is 1.42 bits per heavy atom. The minimum absolute atomic E-state index is 0.0224. The van der Waals surface area contributed by atoms with Crippen molar-refractivity contribution in [2.45, 2.75) is 28.8 Å². The molecule has 70 valence electrons. The molecule has 3 nitrogen and oxygen atoms in total. The quantitative estimate of drug-likeness (QED) is 0.599. The highest BCUT2D eigenvalue weighted by Crippen LogP contribution is 2.39. The minimum atomic E-state index is -1.35. The number of carbonyl (C=O) groups is 1. The van der Waals surface area contributed by atoms with Gasteiger partial charge in [-0.2, -0.15) is 0 Å². The van der Waals surface area contributed by atoms with E-state index in [1.54, 1.807) is 0 Å². The highest BCUT2D eigenvalue weighted by Gasteiger charge is 2.44. The lowest BCUT2D eigenvalue weighted by atomic mass is 10.2. The van der Waals surface area contributed by atoms with Gasteiger partial charge < -0.3 is 9.84 Å². The highest BCUT2D eigenvalue weighted by atomic mass is 35.6. The Bertz CT molecular complexity index is 189. The molecule has 0 aromatic heterocycles. The zero-order valence-corrected chi connectivity index (χ0v) is 8.23. The van der Waals surface area contributed by atoms with Crippen molar-refractivity contribution in [2.75, 3.05) is 0 Å². The summed E-state index contributed by atoms with van der Waals surface area (Å²) in [6.07, 6.45) is -0.271. The molecule has 1 heterocycles. The Hall–Kier alpha value is 0.300. The fourth-order valence-electron chi connectivity index (χ4n) is 0.938. The molecule has 1 aliphatic rings. The molecule has 0 aromatic rings. The molecule has 1 fully saturated rings. The van der Waals surface area contributed by atoms with E-state index in [-0.39, 0.29) is 25.0 Å².